The summed E-state index contributed by atoms with van der Waals surface area (Å²) in [6.45, 7) is 4.84. The Morgan fingerprint density at radius 3 is 2.36 bits per heavy atom. The van der Waals surface area contributed by atoms with Crippen molar-refractivity contribution in [2.24, 2.45) is 5.92 Å². The number of rotatable bonds is 7. The van der Waals surface area contributed by atoms with Crippen LogP contribution in [0.4, 0.5) is 11.5 Å². The first kappa shape index (κ1) is 19.6. The van der Waals surface area contributed by atoms with Gasteiger partial charge in [0.1, 0.15) is 5.82 Å². The fourth-order valence-corrected chi connectivity index (χ4v) is 3.70. The van der Waals surface area contributed by atoms with Gasteiger partial charge in [-0.2, -0.15) is 5.10 Å². The van der Waals surface area contributed by atoms with Crippen LogP contribution in [0.1, 0.15) is 24.2 Å². The summed E-state index contributed by atoms with van der Waals surface area (Å²) < 4.78 is 29.0. The topological polar surface area (TPSA) is 93.1 Å². The molecule has 0 saturated carbocycles. The molecule has 8 heteroatoms. The minimum absolute atomic E-state index is 0.176. The van der Waals surface area contributed by atoms with Gasteiger partial charge in [0.05, 0.1) is 11.1 Å². The summed E-state index contributed by atoms with van der Waals surface area (Å²) in [7, 11) is -3.67. The van der Waals surface area contributed by atoms with Crippen LogP contribution in [0, 0.1) is 5.92 Å². The van der Waals surface area contributed by atoms with E-state index in [-0.39, 0.29) is 10.8 Å². The molecule has 1 amide bonds. The Labute approximate surface area is 164 Å². The predicted molar refractivity (Wildman–Crippen MR) is 109 cm³/mol. The molecule has 146 valence electrons. The molecule has 0 aliphatic rings. The third kappa shape index (κ3) is 4.77. The number of carbonyl (C=O) groups is 1. The van der Waals surface area contributed by atoms with E-state index >= 15 is 0 Å². The highest BCUT2D eigenvalue weighted by Gasteiger charge is 2.14. The molecular formula is C20H22N4O3S. The Hall–Kier alpha value is -3.13. The van der Waals surface area contributed by atoms with Crippen LogP contribution in [-0.4, -0.2) is 24.1 Å². The van der Waals surface area contributed by atoms with E-state index in [1.54, 1.807) is 59.4 Å². The van der Waals surface area contributed by atoms with Gasteiger partial charge in [0.2, 0.25) is 0 Å². The lowest BCUT2D eigenvalue weighted by molar-refractivity contribution is 0.102. The van der Waals surface area contributed by atoms with Crippen molar-refractivity contribution in [3.8, 4) is 0 Å². The molecule has 28 heavy (non-hydrogen) atoms. The van der Waals surface area contributed by atoms with Crippen LogP contribution < -0.4 is 10.0 Å². The molecule has 1 heterocycles. The van der Waals surface area contributed by atoms with Gasteiger partial charge in [0.25, 0.3) is 15.9 Å². The Morgan fingerprint density at radius 1 is 1.04 bits per heavy atom. The fourth-order valence-electron chi connectivity index (χ4n) is 2.62. The molecule has 0 saturated heterocycles. The normalized spacial score (nSPS) is 11.4. The number of nitrogens with one attached hydrogen (secondary N) is 2. The van der Waals surface area contributed by atoms with Crippen molar-refractivity contribution in [1.29, 1.82) is 0 Å². The Kier molecular flexibility index (Phi) is 5.79. The summed E-state index contributed by atoms with van der Waals surface area (Å²) in [5.41, 5.74) is 0.796. The minimum Gasteiger partial charge on any atom is -0.307 e. The molecular weight excluding hydrogens is 376 g/mol. The zero-order valence-electron chi connectivity index (χ0n) is 15.7. The maximum atomic E-state index is 12.5. The molecule has 0 unspecified atom stereocenters. The predicted octanol–water partition coefficient (Wildman–Crippen LogP) is 3.59. The molecule has 2 N–H and O–H groups in total. The molecule has 0 spiro atoms. The van der Waals surface area contributed by atoms with E-state index in [2.05, 4.69) is 29.0 Å². The van der Waals surface area contributed by atoms with Crippen molar-refractivity contribution in [3.63, 3.8) is 0 Å². The molecule has 3 aromatic rings. The third-order valence-electron chi connectivity index (χ3n) is 3.95. The second-order valence-corrected chi connectivity index (χ2v) is 8.42. The van der Waals surface area contributed by atoms with Gasteiger partial charge < -0.3 is 5.32 Å². The first-order valence-electron chi connectivity index (χ1n) is 8.86. The van der Waals surface area contributed by atoms with Crippen molar-refractivity contribution in [2.75, 3.05) is 10.0 Å². The van der Waals surface area contributed by atoms with E-state index in [9.17, 15) is 13.2 Å². The molecule has 0 aliphatic heterocycles. The van der Waals surface area contributed by atoms with Crippen molar-refractivity contribution in [3.05, 3.63) is 72.4 Å². The highest BCUT2D eigenvalue weighted by molar-refractivity contribution is 7.92. The van der Waals surface area contributed by atoms with Crippen molar-refractivity contribution in [2.45, 2.75) is 25.3 Å². The number of hydrogen-bond acceptors (Lipinski definition) is 4. The van der Waals surface area contributed by atoms with Crippen molar-refractivity contribution < 1.29 is 13.2 Å². The Balaban J connectivity index is 1.69. The number of sulfonamides is 1. The van der Waals surface area contributed by atoms with Crippen molar-refractivity contribution in [1.82, 2.24) is 9.78 Å². The Morgan fingerprint density at radius 2 is 1.71 bits per heavy atom. The lowest BCUT2D eigenvalue weighted by Gasteiger charge is -2.11. The van der Waals surface area contributed by atoms with Crippen LogP contribution in [0.5, 0.6) is 0 Å². The van der Waals surface area contributed by atoms with Crippen LogP contribution >= 0.6 is 0 Å². The molecule has 0 aliphatic carbocycles. The number of anilines is 2. The summed E-state index contributed by atoms with van der Waals surface area (Å²) in [5, 5.41) is 7.04. The van der Waals surface area contributed by atoms with Crippen LogP contribution in [-0.2, 0) is 16.6 Å². The number of carbonyl (C=O) groups excluding carboxylic acids is 1. The van der Waals surface area contributed by atoms with E-state index in [1.165, 1.54) is 12.1 Å². The highest BCUT2D eigenvalue weighted by Crippen LogP contribution is 2.17. The summed E-state index contributed by atoms with van der Waals surface area (Å²) in [6, 6.07) is 16.1. The maximum Gasteiger partial charge on any atom is 0.261 e. The molecule has 3 rings (SSSR count). The standard InChI is InChI=1S/C20H22N4O3S/c1-15(2)14-24-19(12-13-21-24)22-20(25)16-8-10-17(11-9-16)23-28(26,27)18-6-4-3-5-7-18/h3-13,15,23H,14H2,1-2H3,(H,22,25). The first-order chi connectivity index (χ1) is 13.3. The fraction of sp³-hybridized carbons (Fsp3) is 0.200. The molecule has 7 nitrogen and oxygen atoms in total. The first-order valence-corrected chi connectivity index (χ1v) is 10.3. The number of aromatic nitrogens is 2. The quantitative estimate of drug-likeness (QED) is 0.636. The Bertz CT molecular complexity index is 1040. The van der Waals surface area contributed by atoms with E-state index in [0.29, 0.717) is 29.5 Å². The zero-order valence-corrected chi connectivity index (χ0v) is 16.5. The number of benzene rings is 2. The van der Waals surface area contributed by atoms with Crippen LogP contribution in [0.15, 0.2) is 71.8 Å². The summed E-state index contributed by atoms with van der Waals surface area (Å²) in [5.74, 6) is 0.725. The van der Waals surface area contributed by atoms with Crippen LogP contribution in [0.2, 0.25) is 0 Å². The SMILES string of the molecule is CC(C)Cn1nccc1NC(=O)c1ccc(NS(=O)(=O)c2ccccc2)cc1. The lowest BCUT2D eigenvalue weighted by atomic mass is 10.2. The summed E-state index contributed by atoms with van der Waals surface area (Å²) in [4.78, 5) is 12.7. The smallest absolute Gasteiger partial charge is 0.261 e. The van der Waals surface area contributed by atoms with E-state index in [0.717, 1.165) is 0 Å². The summed E-state index contributed by atoms with van der Waals surface area (Å²) in [6.07, 6.45) is 1.64. The van der Waals surface area contributed by atoms with Gasteiger partial charge in [-0.05, 0) is 42.3 Å². The minimum atomic E-state index is -3.67. The molecule has 0 bridgehead atoms. The van der Waals surface area contributed by atoms with E-state index < -0.39 is 10.0 Å². The molecule has 0 atom stereocenters. The van der Waals surface area contributed by atoms with Crippen molar-refractivity contribution >= 4 is 27.4 Å². The second kappa shape index (κ2) is 8.26. The number of nitrogens with zero attached hydrogens (tertiary/aromatic N) is 2. The van der Waals surface area contributed by atoms with E-state index in [1.807, 2.05) is 0 Å². The van der Waals surface area contributed by atoms with Gasteiger partial charge in [-0.3, -0.25) is 9.52 Å². The number of hydrogen-bond donors (Lipinski definition) is 2. The van der Waals surface area contributed by atoms with Gasteiger partial charge in [-0.15, -0.1) is 0 Å². The molecule has 0 fully saturated rings. The largest absolute Gasteiger partial charge is 0.307 e. The number of amides is 1. The molecule has 2 aromatic carbocycles. The summed E-state index contributed by atoms with van der Waals surface area (Å²) >= 11 is 0. The van der Waals surface area contributed by atoms with Gasteiger partial charge >= 0.3 is 0 Å². The maximum absolute atomic E-state index is 12.5. The van der Waals surface area contributed by atoms with E-state index in [4.69, 9.17) is 0 Å². The third-order valence-corrected chi connectivity index (χ3v) is 5.35. The highest BCUT2D eigenvalue weighted by atomic mass is 32.2. The molecule has 0 radical (unpaired) electrons. The average molecular weight is 398 g/mol. The second-order valence-electron chi connectivity index (χ2n) is 6.74. The lowest BCUT2D eigenvalue weighted by Crippen LogP contribution is -2.17. The van der Waals surface area contributed by atoms with Gasteiger partial charge in [-0.1, -0.05) is 32.0 Å². The monoisotopic (exact) mass is 398 g/mol. The molecule has 1 aromatic heterocycles. The zero-order chi connectivity index (χ0) is 20.1. The van der Waals surface area contributed by atoms with Gasteiger partial charge in [0.15, 0.2) is 0 Å². The van der Waals surface area contributed by atoms with Crippen LogP contribution in [0.25, 0.3) is 0 Å². The van der Waals surface area contributed by atoms with Crippen LogP contribution in [0.3, 0.4) is 0 Å². The van der Waals surface area contributed by atoms with Gasteiger partial charge in [0, 0.05) is 23.9 Å². The average Bonchev–Trinajstić information content (AvgIpc) is 3.08. The van der Waals surface area contributed by atoms with Gasteiger partial charge in [-0.25, -0.2) is 13.1 Å².